The zero-order valence-corrected chi connectivity index (χ0v) is 14.0. The van der Waals surface area contributed by atoms with Crippen molar-refractivity contribution in [3.05, 3.63) is 18.0 Å². The molecule has 1 aliphatic rings. The van der Waals surface area contributed by atoms with Crippen molar-refractivity contribution in [2.75, 3.05) is 18.1 Å². The average Bonchev–Trinajstić information content (AvgIpc) is 2.91. The molecule has 2 rings (SSSR count). The molecule has 128 valence electrons. The number of aromatic nitrogens is 2. The number of aryl methyl sites for hydroxylation is 1. The van der Waals surface area contributed by atoms with Gasteiger partial charge in [-0.25, -0.2) is 8.42 Å². The highest BCUT2D eigenvalue weighted by Gasteiger charge is 2.41. The van der Waals surface area contributed by atoms with E-state index in [0.717, 1.165) is 0 Å². The zero-order valence-electron chi connectivity index (χ0n) is 13.2. The number of hydrogen-bond donors (Lipinski definition) is 1. The van der Waals surface area contributed by atoms with Crippen LogP contribution in [0.2, 0.25) is 0 Å². The molecule has 2 atom stereocenters. The molecule has 1 aromatic heterocycles. The molecular weight excluding hydrogens is 322 g/mol. The summed E-state index contributed by atoms with van der Waals surface area (Å²) in [6, 6.07) is -0.686. The van der Waals surface area contributed by atoms with Crippen molar-refractivity contribution in [3.8, 4) is 0 Å². The van der Waals surface area contributed by atoms with Crippen LogP contribution in [0.25, 0.3) is 0 Å². The van der Waals surface area contributed by atoms with Gasteiger partial charge in [0.1, 0.15) is 0 Å². The van der Waals surface area contributed by atoms with Crippen LogP contribution < -0.4 is 0 Å². The summed E-state index contributed by atoms with van der Waals surface area (Å²) < 4.78 is 25.0. The van der Waals surface area contributed by atoms with Crippen LogP contribution in [0.4, 0.5) is 0 Å². The normalized spacial score (nSPS) is 22.3. The summed E-state index contributed by atoms with van der Waals surface area (Å²) in [5.41, 5.74) is 0.613. The van der Waals surface area contributed by atoms with Crippen molar-refractivity contribution in [2.24, 2.45) is 13.0 Å². The first-order chi connectivity index (χ1) is 10.7. The van der Waals surface area contributed by atoms with Gasteiger partial charge < -0.3 is 10.0 Å². The number of likely N-dealkylation sites (tertiary alicyclic amines) is 1. The first kappa shape index (κ1) is 17.5. The topological polar surface area (TPSA) is 110 Å². The zero-order chi connectivity index (χ0) is 17.2. The molecule has 0 saturated carbocycles. The maximum atomic E-state index is 12.3. The highest BCUT2D eigenvalue weighted by atomic mass is 32.2. The molecule has 1 saturated heterocycles. The highest BCUT2D eigenvalue weighted by Crippen LogP contribution is 2.36. The first-order valence-corrected chi connectivity index (χ1v) is 9.28. The lowest BCUT2D eigenvalue weighted by Gasteiger charge is -2.39. The van der Waals surface area contributed by atoms with E-state index in [9.17, 15) is 23.1 Å². The summed E-state index contributed by atoms with van der Waals surface area (Å²) in [6.07, 6.45) is 3.55. The van der Waals surface area contributed by atoms with Gasteiger partial charge in [-0.2, -0.15) is 5.10 Å². The van der Waals surface area contributed by atoms with Crippen LogP contribution in [0.1, 0.15) is 31.4 Å². The maximum Gasteiger partial charge on any atom is 0.308 e. The Morgan fingerprint density at radius 2 is 2.17 bits per heavy atom. The Balaban J connectivity index is 2.33. The quantitative estimate of drug-likeness (QED) is 0.791. The van der Waals surface area contributed by atoms with E-state index in [0.29, 0.717) is 5.56 Å². The fraction of sp³-hybridized carbons (Fsp3) is 0.643. The number of hydrogen-bond acceptors (Lipinski definition) is 5. The van der Waals surface area contributed by atoms with Crippen LogP contribution in [-0.4, -0.2) is 58.1 Å². The number of piperidine rings is 1. The van der Waals surface area contributed by atoms with Crippen LogP contribution >= 0.6 is 0 Å². The van der Waals surface area contributed by atoms with Crippen molar-refractivity contribution >= 4 is 21.7 Å². The third-order valence-corrected chi connectivity index (χ3v) is 5.86. The first-order valence-electron chi connectivity index (χ1n) is 7.46. The van der Waals surface area contributed by atoms with Gasteiger partial charge in [-0.15, -0.1) is 0 Å². The van der Waals surface area contributed by atoms with E-state index < -0.39 is 27.8 Å². The van der Waals surface area contributed by atoms with Crippen molar-refractivity contribution in [2.45, 2.75) is 25.8 Å². The van der Waals surface area contributed by atoms with Crippen molar-refractivity contribution < 1.29 is 23.1 Å². The van der Waals surface area contributed by atoms with Crippen molar-refractivity contribution in [1.82, 2.24) is 14.7 Å². The number of carboxylic acids is 1. The second-order valence-corrected chi connectivity index (χ2v) is 8.17. The van der Waals surface area contributed by atoms with E-state index in [1.807, 2.05) is 0 Å². The van der Waals surface area contributed by atoms with E-state index in [1.54, 1.807) is 20.2 Å². The molecule has 9 heteroatoms. The van der Waals surface area contributed by atoms with E-state index in [4.69, 9.17) is 0 Å². The highest BCUT2D eigenvalue weighted by molar-refractivity contribution is 7.91. The Kier molecular flexibility index (Phi) is 5.08. The Morgan fingerprint density at radius 1 is 1.48 bits per heavy atom. The van der Waals surface area contributed by atoms with Crippen LogP contribution in [0.15, 0.2) is 12.4 Å². The molecular formula is C14H21N3O5S. The summed E-state index contributed by atoms with van der Waals surface area (Å²) in [7, 11) is -1.54. The molecule has 1 fully saturated rings. The van der Waals surface area contributed by atoms with Gasteiger partial charge in [0.05, 0.1) is 23.9 Å². The Labute approximate surface area is 135 Å². The SMILES string of the molecule is CCS(=O)(=O)CCN1C(=O)CC[C@@H](C(=O)O)[C@H]1c1cnn(C)c1. The minimum atomic E-state index is -3.24. The molecule has 1 N–H and O–H groups in total. The molecule has 0 radical (unpaired) electrons. The number of sulfone groups is 1. The van der Waals surface area contributed by atoms with Gasteiger partial charge in [-0.3, -0.25) is 14.3 Å². The Morgan fingerprint density at radius 3 is 2.70 bits per heavy atom. The number of carbonyl (C=O) groups excluding carboxylic acids is 1. The molecule has 2 heterocycles. The maximum absolute atomic E-state index is 12.3. The predicted molar refractivity (Wildman–Crippen MR) is 82.3 cm³/mol. The monoisotopic (exact) mass is 343 g/mol. The van der Waals surface area contributed by atoms with E-state index in [-0.39, 0.29) is 36.8 Å². The minimum absolute atomic E-state index is 0.00164. The number of rotatable bonds is 6. The minimum Gasteiger partial charge on any atom is -0.481 e. The van der Waals surface area contributed by atoms with E-state index >= 15 is 0 Å². The number of carbonyl (C=O) groups is 2. The average molecular weight is 343 g/mol. The lowest BCUT2D eigenvalue weighted by molar-refractivity contribution is -0.151. The van der Waals surface area contributed by atoms with E-state index in [2.05, 4.69) is 5.10 Å². The number of carboxylic acid groups (broad SMARTS) is 1. The Bertz CT molecular complexity index is 697. The summed E-state index contributed by atoms with van der Waals surface area (Å²) in [4.78, 5) is 25.2. The molecule has 0 aromatic carbocycles. The molecule has 1 aliphatic heterocycles. The van der Waals surface area contributed by atoms with E-state index in [1.165, 1.54) is 15.8 Å². The lowest BCUT2D eigenvalue weighted by Crippen LogP contribution is -2.47. The standard InChI is InChI=1S/C14H21N3O5S/c1-3-23(21,22)7-6-17-12(18)5-4-11(14(19)20)13(17)10-8-15-16(2)9-10/h8-9,11,13H,3-7H2,1-2H3,(H,19,20)/t11-,13-/m1/s1. The number of aliphatic carboxylic acids is 1. The van der Waals surface area contributed by atoms with Gasteiger partial charge in [0.15, 0.2) is 9.84 Å². The van der Waals surface area contributed by atoms with Crippen molar-refractivity contribution in [3.63, 3.8) is 0 Å². The summed E-state index contributed by atoms with van der Waals surface area (Å²) in [6.45, 7) is 1.55. The predicted octanol–water partition coefficient (Wildman–Crippen LogP) is 0.219. The molecule has 1 amide bonds. The van der Waals surface area contributed by atoms with Gasteiger partial charge in [0, 0.05) is 37.5 Å². The molecule has 23 heavy (non-hydrogen) atoms. The van der Waals surface area contributed by atoms with Crippen LogP contribution in [0, 0.1) is 5.92 Å². The van der Waals surface area contributed by atoms with Crippen molar-refractivity contribution in [1.29, 1.82) is 0 Å². The second kappa shape index (κ2) is 6.69. The van der Waals surface area contributed by atoms with Crippen LogP contribution in [0.3, 0.4) is 0 Å². The fourth-order valence-electron chi connectivity index (χ4n) is 2.86. The summed E-state index contributed by atoms with van der Waals surface area (Å²) in [5, 5.41) is 13.5. The third kappa shape index (κ3) is 3.90. The smallest absolute Gasteiger partial charge is 0.308 e. The van der Waals surface area contributed by atoms with Gasteiger partial charge >= 0.3 is 5.97 Å². The summed E-state index contributed by atoms with van der Waals surface area (Å²) in [5.74, 6) is -2.15. The molecule has 8 nitrogen and oxygen atoms in total. The molecule has 0 aliphatic carbocycles. The number of amides is 1. The van der Waals surface area contributed by atoms with Gasteiger partial charge in [0.25, 0.3) is 0 Å². The number of nitrogens with zero attached hydrogens (tertiary/aromatic N) is 3. The van der Waals surface area contributed by atoms with Crippen LogP contribution in [0.5, 0.6) is 0 Å². The Hall–Kier alpha value is -1.90. The molecule has 1 aromatic rings. The largest absolute Gasteiger partial charge is 0.481 e. The molecule has 0 bridgehead atoms. The fourth-order valence-corrected chi connectivity index (χ4v) is 3.63. The van der Waals surface area contributed by atoms with Crippen LogP contribution in [-0.2, 0) is 26.5 Å². The van der Waals surface area contributed by atoms with Gasteiger partial charge in [-0.05, 0) is 6.42 Å². The lowest BCUT2D eigenvalue weighted by atomic mass is 9.85. The third-order valence-electron chi connectivity index (χ3n) is 4.17. The van der Waals surface area contributed by atoms with Gasteiger partial charge in [0.2, 0.25) is 5.91 Å². The molecule has 0 spiro atoms. The molecule has 0 unspecified atom stereocenters. The van der Waals surface area contributed by atoms with Gasteiger partial charge in [-0.1, -0.05) is 6.92 Å². The second-order valence-electron chi connectivity index (χ2n) is 5.70. The summed E-state index contributed by atoms with van der Waals surface area (Å²) >= 11 is 0.